The molecule has 0 bridgehead atoms. The van der Waals surface area contributed by atoms with Crippen molar-refractivity contribution < 1.29 is 30.0 Å². The van der Waals surface area contributed by atoms with Crippen LogP contribution in [0.3, 0.4) is 0 Å². The van der Waals surface area contributed by atoms with E-state index in [0.29, 0.717) is 6.04 Å². The first kappa shape index (κ1) is 20.0. The topological polar surface area (TPSA) is 153 Å². The molecule has 8 nitrogen and oxygen atoms in total. The van der Waals surface area contributed by atoms with E-state index in [4.69, 9.17) is 26.2 Å². The van der Waals surface area contributed by atoms with Gasteiger partial charge in [0.25, 0.3) is 0 Å². The van der Waals surface area contributed by atoms with E-state index in [9.17, 15) is 9.59 Å². The third kappa shape index (κ3) is 6.64. The number of carboxylic acids is 2. The van der Waals surface area contributed by atoms with E-state index in [2.05, 4.69) is 24.4 Å². The number of carbonyl (C=O) groups is 2. The van der Waals surface area contributed by atoms with E-state index in [1.807, 2.05) is 25.2 Å². The van der Waals surface area contributed by atoms with E-state index in [1.165, 1.54) is 5.56 Å². The first-order valence-corrected chi connectivity index (χ1v) is 6.51. The van der Waals surface area contributed by atoms with Crippen molar-refractivity contribution in [2.45, 2.75) is 31.2 Å². The van der Waals surface area contributed by atoms with Gasteiger partial charge in [0, 0.05) is 12.1 Å². The molecule has 0 aliphatic carbocycles. The average molecular weight is 314 g/mol. The summed E-state index contributed by atoms with van der Waals surface area (Å²) in [6.07, 6.45) is -4.53. The molecule has 4 unspecified atom stereocenters. The highest BCUT2D eigenvalue weighted by Crippen LogP contribution is 2.12. The number of aliphatic hydroxyl groups excluding tert-OH is 2. The van der Waals surface area contributed by atoms with Crippen LogP contribution in [0.4, 0.5) is 0 Å². The van der Waals surface area contributed by atoms with Crippen LogP contribution in [0.1, 0.15) is 18.5 Å². The van der Waals surface area contributed by atoms with Crippen LogP contribution >= 0.6 is 0 Å². The molecule has 0 aliphatic heterocycles. The van der Waals surface area contributed by atoms with Crippen molar-refractivity contribution in [3.05, 3.63) is 35.9 Å². The zero-order valence-corrected chi connectivity index (χ0v) is 12.4. The number of rotatable bonds is 6. The number of benzene rings is 1. The average Bonchev–Trinajstić information content (AvgIpc) is 2.53. The summed E-state index contributed by atoms with van der Waals surface area (Å²) in [4.78, 5) is 19.5. The normalized spacial score (nSPS) is 15.7. The van der Waals surface area contributed by atoms with Crippen molar-refractivity contribution in [1.29, 1.82) is 0 Å². The Morgan fingerprint density at radius 1 is 1.05 bits per heavy atom. The number of aliphatic hydroxyl groups is 2. The second-order valence-corrected chi connectivity index (χ2v) is 4.58. The van der Waals surface area contributed by atoms with Crippen LogP contribution < -0.4 is 11.1 Å². The van der Waals surface area contributed by atoms with Crippen molar-refractivity contribution >= 4 is 11.9 Å². The molecule has 0 heterocycles. The van der Waals surface area contributed by atoms with Crippen molar-refractivity contribution in [3.63, 3.8) is 0 Å². The van der Waals surface area contributed by atoms with Crippen LogP contribution in [0.5, 0.6) is 0 Å². The Labute approximate surface area is 128 Å². The summed E-state index contributed by atoms with van der Waals surface area (Å²) < 4.78 is 0. The summed E-state index contributed by atoms with van der Waals surface area (Å²) in [7, 11) is 1.92. The van der Waals surface area contributed by atoms with E-state index < -0.39 is 24.1 Å². The summed E-state index contributed by atoms with van der Waals surface area (Å²) >= 11 is 0. The molecule has 0 amide bonds. The van der Waals surface area contributed by atoms with Gasteiger partial charge in [-0.3, -0.25) is 0 Å². The van der Waals surface area contributed by atoms with Gasteiger partial charge in [-0.25, -0.2) is 9.59 Å². The molecule has 0 fully saturated rings. The Bertz CT molecular complexity index is 450. The molecule has 22 heavy (non-hydrogen) atoms. The van der Waals surface area contributed by atoms with Crippen LogP contribution in [0, 0.1) is 0 Å². The Balaban J connectivity index is 0.000000409. The van der Waals surface area contributed by atoms with E-state index in [1.54, 1.807) is 0 Å². The molecule has 4 atom stereocenters. The van der Waals surface area contributed by atoms with Crippen LogP contribution in [-0.2, 0) is 9.59 Å². The number of nitrogens with two attached hydrogens (primary N) is 1. The van der Waals surface area contributed by atoms with Gasteiger partial charge < -0.3 is 31.5 Å². The highest BCUT2D eigenvalue weighted by atomic mass is 16.4. The van der Waals surface area contributed by atoms with Gasteiger partial charge in [0.05, 0.1) is 0 Å². The molecule has 0 aromatic heterocycles. The van der Waals surface area contributed by atoms with Crippen LogP contribution in [0.2, 0.25) is 0 Å². The van der Waals surface area contributed by atoms with Gasteiger partial charge in [0.1, 0.15) is 0 Å². The second-order valence-electron chi connectivity index (χ2n) is 4.58. The quantitative estimate of drug-likeness (QED) is 0.398. The summed E-state index contributed by atoms with van der Waals surface area (Å²) in [5.74, 6) is -3.54. The molecular weight excluding hydrogens is 292 g/mol. The molecule has 0 spiro atoms. The first-order valence-electron chi connectivity index (χ1n) is 6.51. The minimum absolute atomic E-state index is 0.0798. The third-order valence-corrected chi connectivity index (χ3v) is 2.98. The molecule has 1 rings (SSSR count). The number of hydrogen-bond acceptors (Lipinski definition) is 6. The number of carboxylic acid groups (broad SMARTS) is 2. The molecule has 1 aromatic rings. The first-order chi connectivity index (χ1) is 10.2. The molecule has 124 valence electrons. The number of likely N-dealkylation sites (N-methyl/N-ethyl adjacent to an activating group) is 1. The fraction of sp³-hybridized carbons (Fsp3) is 0.429. The maximum absolute atomic E-state index is 9.77. The van der Waals surface area contributed by atoms with Crippen molar-refractivity contribution in [1.82, 2.24) is 5.32 Å². The fourth-order valence-electron chi connectivity index (χ4n) is 1.41. The Hall–Kier alpha value is -2.00. The molecule has 0 saturated carbocycles. The smallest absolute Gasteiger partial charge is 0.335 e. The Kier molecular flexibility index (Phi) is 8.95. The molecule has 0 aliphatic rings. The number of aliphatic carboxylic acids is 2. The standard InChI is InChI=1S/C10H16N2.C4H6O6/c1-8(12-2)10(11)9-6-4-3-5-7-9;5-1(3(7)8)2(6)4(9)10/h3-8,10,12H,11H2,1-2H3;1-2,5-6H,(H,7,8)(H,9,10). The van der Waals surface area contributed by atoms with Crippen molar-refractivity contribution in [2.24, 2.45) is 5.73 Å². The second kappa shape index (κ2) is 9.85. The largest absolute Gasteiger partial charge is 0.479 e. The Morgan fingerprint density at radius 2 is 1.45 bits per heavy atom. The SMILES string of the molecule is CNC(C)C(N)c1ccccc1.O=C(O)C(O)C(O)C(=O)O. The third-order valence-electron chi connectivity index (χ3n) is 2.98. The lowest BCUT2D eigenvalue weighted by molar-refractivity contribution is -0.165. The Morgan fingerprint density at radius 3 is 1.77 bits per heavy atom. The molecular formula is C14H22N2O6. The molecule has 8 heteroatoms. The monoisotopic (exact) mass is 314 g/mol. The van der Waals surface area contributed by atoms with Crippen LogP contribution in [0.25, 0.3) is 0 Å². The van der Waals surface area contributed by atoms with Crippen LogP contribution in [-0.4, -0.2) is 57.7 Å². The van der Waals surface area contributed by atoms with E-state index in [-0.39, 0.29) is 6.04 Å². The maximum Gasteiger partial charge on any atom is 0.335 e. The van der Waals surface area contributed by atoms with Gasteiger partial charge in [0.15, 0.2) is 12.2 Å². The zero-order chi connectivity index (χ0) is 17.3. The zero-order valence-electron chi connectivity index (χ0n) is 12.4. The summed E-state index contributed by atoms with van der Waals surface area (Å²) in [5.41, 5.74) is 7.17. The highest BCUT2D eigenvalue weighted by Gasteiger charge is 2.29. The van der Waals surface area contributed by atoms with Gasteiger partial charge in [-0.05, 0) is 19.5 Å². The van der Waals surface area contributed by atoms with Crippen molar-refractivity contribution in [2.75, 3.05) is 7.05 Å². The minimum Gasteiger partial charge on any atom is -0.479 e. The molecule has 1 aromatic carbocycles. The lowest BCUT2D eigenvalue weighted by atomic mass is 10.0. The lowest BCUT2D eigenvalue weighted by Crippen LogP contribution is -2.39. The molecule has 0 saturated heterocycles. The predicted octanol–water partition coefficient (Wildman–Crippen LogP) is -0.828. The lowest BCUT2D eigenvalue weighted by Gasteiger charge is -2.19. The van der Waals surface area contributed by atoms with Gasteiger partial charge >= 0.3 is 11.9 Å². The van der Waals surface area contributed by atoms with E-state index in [0.717, 1.165) is 0 Å². The summed E-state index contributed by atoms with van der Waals surface area (Å²) in [6, 6.07) is 10.5. The minimum atomic E-state index is -2.27. The fourth-order valence-corrected chi connectivity index (χ4v) is 1.41. The maximum atomic E-state index is 9.77. The van der Waals surface area contributed by atoms with Crippen molar-refractivity contribution in [3.8, 4) is 0 Å². The summed E-state index contributed by atoms with van der Waals surface area (Å²) in [6.45, 7) is 2.08. The summed E-state index contributed by atoms with van der Waals surface area (Å²) in [5, 5.41) is 35.7. The van der Waals surface area contributed by atoms with Gasteiger partial charge in [-0.15, -0.1) is 0 Å². The number of hydrogen-bond donors (Lipinski definition) is 6. The van der Waals surface area contributed by atoms with E-state index >= 15 is 0 Å². The van der Waals surface area contributed by atoms with Gasteiger partial charge in [-0.1, -0.05) is 30.3 Å². The van der Waals surface area contributed by atoms with Crippen LogP contribution in [0.15, 0.2) is 30.3 Å². The molecule has 7 N–H and O–H groups in total. The molecule has 0 radical (unpaired) electrons. The van der Waals surface area contributed by atoms with Gasteiger partial charge in [-0.2, -0.15) is 0 Å². The van der Waals surface area contributed by atoms with Gasteiger partial charge in [0.2, 0.25) is 0 Å². The predicted molar refractivity (Wildman–Crippen MR) is 79.2 cm³/mol. The highest BCUT2D eigenvalue weighted by molar-refractivity contribution is 5.83. The number of nitrogens with one attached hydrogen (secondary N) is 1.